The number of halogens is 1. The first-order valence-electron chi connectivity index (χ1n) is 6.21. The van der Waals surface area contributed by atoms with Gasteiger partial charge < -0.3 is 14.3 Å². The fourth-order valence-corrected chi connectivity index (χ4v) is 1.85. The van der Waals surface area contributed by atoms with Crippen LogP contribution in [-0.2, 0) is 17.8 Å². The zero-order valence-electron chi connectivity index (χ0n) is 11.1. The van der Waals surface area contributed by atoms with E-state index >= 15 is 0 Å². The average Bonchev–Trinajstić information content (AvgIpc) is 2.48. The van der Waals surface area contributed by atoms with Crippen molar-refractivity contribution in [3.05, 3.63) is 59.4 Å². The number of rotatable bonds is 6. The molecule has 0 aliphatic rings. The van der Waals surface area contributed by atoms with Gasteiger partial charge in [0.1, 0.15) is 18.6 Å². The van der Waals surface area contributed by atoms with Crippen molar-refractivity contribution in [3.63, 3.8) is 0 Å². The Kier molecular flexibility index (Phi) is 4.71. The van der Waals surface area contributed by atoms with Crippen molar-refractivity contribution in [3.8, 4) is 11.5 Å². The molecule has 0 saturated carbocycles. The van der Waals surface area contributed by atoms with Gasteiger partial charge >= 0.3 is 0 Å². The molecule has 0 aliphatic carbocycles. The molecule has 0 saturated heterocycles. The summed E-state index contributed by atoms with van der Waals surface area (Å²) < 4.78 is 24.2. The first kappa shape index (κ1) is 14.1. The van der Waals surface area contributed by atoms with Crippen molar-refractivity contribution in [2.45, 2.75) is 13.0 Å². The van der Waals surface area contributed by atoms with Crippen LogP contribution in [0.25, 0.3) is 0 Å². The van der Waals surface area contributed by atoms with Gasteiger partial charge in [0.25, 0.3) is 0 Å². The van der Waals surface area contributed by atoms with E-state index in [1.54, 1.807) is 0 Å². The van der Waals surface area contributed by atoms with Gasteiger partial charge in [-0.3, -0.25) is 0 Å². The van der Waals surface area contributed by atoms with Crippen LogP contribution < -0.4 is 9.47 Å². The molecule has 2 rings (SSSR count). The van der Waals surface area contributed by atoms with Crippen molar-refractivity contribution in [1.29, 1.82) is 0 Å². The zero-order valence-corrected chi connectivity index (χ0v) is 11.1. The van der Waals surface area contributed by atoms with E-state index in [-0.39, 0.29) is 12.2 Å². The Bertz CT molecular complexity index is 582. The molecule has 0 unspecified atom stereocenters. The van der Waals surface area contributed by atoms with Crippen LogP contribution in [0, 0.1) is 5.82 Å². The molecular weight excluding hydrogens is 259 g/mol. The SMILES string of the molecule is COc1cc(CC=O)c(OCc2ccccc2)cc1F. The summed E-state index contributed by atoms with van der Waals surface area (Å²) >= 11 is 0. The number of aldehydes is 1. The summed E-state index contributed by atoms with van der Waals surface area (Å²) in [4.78, 5) is 10.7. The van der Waals surface area contributed by atoms with E-state index in [9.17, 15) is 9.18 Å². The summed E-state index contributed by atoms with van der Waals surface area (Å²) in [5.41, 5.74) is 1.58. The van der Waals surface area contributed by atoms with Crippen LogP contribution in [0.2, 0.25) is 0 Å². The highest BCUT2D eigenvalue weighted by atomic mass is 19.1. The van der Waals surface area contributed by atoms with Crippen molar-refractivity contribution >= 4 is 6.29 Å². The Morgan fingerprint density at radius 2 is 1.90 bits per heavy atom. The summed E-state index contributed by atoms with van der Waals surface area (Å²) in [7, 11) is 1.38. The van der Waals surface area contributed by atoms with Crippen LogP contribution in [0.5, 0.6) is 11.5 Å². The predicted molar refractivity (Wildman–Crippen MR) is 73.5 cm³/mol. The van der Waals surface area contributed by atoms with Gasteiger partial charge in [0.15, 0.2) is 11.6 Å². The average molecular weight is 274 g/mol. The fraction of sp³-hybridized carbons (Fsp3) is 0.188. The minimum absolute atomic E-state index is 0.105. The summed E-state index contributed by atoms with van der Waals surface area (Å²) in [5.74, 6) is -0.0432. The van der Waals surface area contributed by atoms with Gasteiger partial charge in [-0.2, -0.15) is 0 Å². The predicted octanol–water partition coefficient (Wildman–Crippen LogP) is 3.15. The molecule has 2 aromatic rings. The molecule has 2 aromatic carbocycles. The Morgan fingerprint density at radius 1 is 1.15 bits per heavy atom. The van der Waals surface area contributed by atoms with Gasteiger partial charge in [0.2, 0.25) is 0 Å². The number of benzene rings is 2. The van der Waals surface area contributed by atoms with Gasteiger partial charge in [0.05, 0.1) is 7.11 Å². The maximum absolute atomic E-state index is 13.7. The standard InChI is InChI=1S/C16H15FO3/c1-19-16-9-13(7-8-18)15(10-14(16)17)20-11-12-5-3-2-4-6-12/h2-6,8-10H,7,11H2,1H3. The fourth-order valence-electron chi connectivity index (χ4n) is 1.85. The lowest BCUT2D eigenvalue weighted by Gasteiger charge is -2.12. The van der Waals surface area contributed by atoms with E-state index in [0.29, 0.717) is 17.9 Å². The van der Waals surface area contributed by atoms with E-state index in [4.69, 9.17) is 9.47 Å². The minimum Gasteiger partial charge on any atom is -0.494 e. The highest BCUT2D eigenvalue weighted by molar-refractivity contribution is 5.58. The third kappa shape index (κ3) is 3.35. The maximum atomic E-state index is 13.7. The Morgan fingerprint density at radius 3 is 2.55 bits per heavy atom. The minimum atomic E-state index is -0.509. The zero-order chi connectivity index (χ0) is 14.4. The highest BCUT2D eigenvalue weighted by Crippen LogP contribution is 2.28. The molecule has 3 nitrogen and oxygen atoms in total. The second-order valence-electron chi connectivity index (χ2n) is 4.24. The van der Waals surface area contributed by atoms with Crippen molar-refractivity contribution in [2.24, 2.45) is 0 Å². The normalized spacial score (nSPS) is 10.1. The van der Waals surface area contributed by atoms with E-state index in [0.717, 1.165) is 11.8 Å². The number of carbonyl (C=O) groups is 1. The summed E-state index contributed by atoms with van der Waals surface area (Å²) in [6, 6.07) is 12.3. The Hall–Kier alpha value is -2.36. The van der Waals surface area contributed by atoms with Crippen molar-refractivity contribution in [2.75, 3.05) is 7.11 Å². The first-order valence-corrected chi connectivity index (χ1v) is 6.21. The van der Waals surface area contributed by atoms with E-state index in [2.05, 4.69) is 0 Å². The highest BCUT2D eigenvalue weighted by Gasteiger charge is 2.11. The topological polar surface area (TPSA) is 35.5 Å². The van der Waals surface area contributed by atoms with Crippen LogP contribution in [-0.4, -0.2) is 13.4 Å². The molecule has 0 heterocycles. The second-order valence-corrected chi connectivity index (χ2v) is 4.24. The van der Waals surface area contributed by atoms with Crippen LogP contribution in [0.1, 0.15) is 11.1 Å². The third-order valence-corrected chi connectivity index (χ3v) is 2.88. The molecule has 0 radical (unpaired) electrons. The second kappa shape index (κ2) is 6.70. The molecule has 104 valence electrons. The molecule has 0 aliphatic heterocycles. The summed E-state index contributed by atoms with van der Waals surface area (Å²) in [6.07, 6.45) is 0.906. The molecule has 0 spiro atoms. The van der Waals surface area contributed by atoms with E-state index < -0.39 is 5.82 Å². The van der Waals surface area contributed by atoms with Crippen molar-refractivity contribution < 1.29 is 18.7 Å². The number of hydrogen-bond acceptors (Lipinski definition) is 3. The van der Waals surface area contributed by atoms with E-state index in [1.165, 1.54) is 19.2 Å². The third-order valence-electron chi connectivity index (χ3n) is 2.88. The molecule has 0 bridgehead atoms. The van der Waals surface area contributed by atoms with Gasteiger partial charge in [0, 0.05) is 18.1 Å². The lowest BCUT2D eigenvalue weighted by molar-refractivity contribution is -0.107. The van der Waals surface area contributed by atoms with Gasteiger partial charge in [-0.1, -0.05) is 30.3 Å². The molecule has 20 heavy (non-hydrogen) atoms. The van der Waals surface area contributed by atoms with Gasteiger partial charge in [-0.15, -0.1) is 0 Å². The lowest BCUT2D eigenvalue weighted by atomic mass is 10.1. The number of carbonyl (C=O) groups excluding carboxylic acids is 1. The number of hydrogen-bond donors (Lipinski definition) is 0. The summed E-state index contributed by atoms with van der Waals surface area (Å²) in [5, 5.41) is 0. The van der Waals surface area contributed by atoms with Crippen LogP contribution in [0.15, 0.2) is 42.5 Å². The van der Waals surface area contributed by atoms with Crippen LogP contribution >= 0.6 is 0 Å². The quantitative estimate of drug-likeness (QED) is 0.759. The van der Waals surface area contributed by atoms with Crippen LogP contribution in [0.3, 0.4) is 0 Å². The van der Waals surface area contributed by atoms with Crippen molar-refractivity contribution in [1.82, 2.24) is 0 Å². The molecule has 0 N–H and O–H groups in total. The Balaban J connectivity index is 2.21. The molecule has 0 atom stereocenters. The molecule has 0 fully saturated rings. The lowest BCUT2D eigenvalue weighted by Crippen LogP contribution is -2.01. The summed E-state index contributed by atoms with van der Waals surface area (Å²) in [6.45, 7) is 0.318. The van der Waals surface area contributed by atoms with Gasteiger partial charge in [-0.25, -0.2) is 4.39 Å². The van der Waals surface area contributed by atoms with Gasteiger partial charge in [-0.05, 0) is 11.6 Å². The largest absolute Gasteiger partial charge is 0.494 e. The molecular formula is C16H15FO3. The number of ether oxygens (including phenoxy) is 2. The van der Waals surface area contributed by atoms with Crippen LogP contribution in [0.4, 0.5) is 4.39 Å². The molecule has 4 heteroatoms. The smallest absolute Gasteiger partial charge is 0.168 e. The molecule has 0 aromatic heterocycles. The number of methoxy groups -OCH3 is 1. The molecule has 0 amide bonds. The Labute approximate surface area is 117 Å². The maximum Gasteiger partial charge on any atom is 0.168 e. The monoisotopic (exact) mass is 274 g/mol. The van der Waals surface area contributed by atoms with E-state index in [1.807, 2.05) is 30.3 Å². The first-order chi connectivity index (χ1) is 9.74.